The summed E-state index contributed by atoms with van der Waals surface area (Å²) < 4.78 is 0. The van der Waals surface area contributed by atoms with Gasteiger partial charge in [-0.2, -0.15) is 0 Å². The maximum atomic E-state index is 11.9. The standard InChI is InChI=1S/C10H21N3O/c1-2-10(4-7-12-8-10)9(14)13-6-3-5-11/h12H,2-8,11H2,1H3,(H,13,14). The second kappa shape index (κ2) is 5.32. The lowest BCUT2D eigenvalue weighted by molar-refractivity contribution is -0.130. The Hall–Kier alpha value is -0.610. The third-order valence-corrected chi connectivity index (χ3v) is 3.07. The molecule has 0 aromatic heterocycles. The van der Waals surface area contributed by atoms with Gasteiger partial charge in [-0.05, 0) is 32.4 Å². The van der Waals surface area contributed by atoms with Gasteiger partial charge in [-0.3, -0.25) is 4.79 Å². The van der Waals surface area contributed by atoms with Gasteiger partial charge in [-0.25, -0.2) is 0 Å². The lowest BCUT2D eigenvalue weighted by Gasteiger charge is -2.25. The van der Waals surface area contributed by atoms with Crippen LogP contribution in [0.4, 0.5) is 0 Å². The van der Waals surface area contributed by atoms with E-state index in [1.165, 1.54) is 0 Å². The molecule has 0 aromatic rings. The van der Waals surface area contributed by atoms with Gasteiger partial charge in [0.1, 0.15) is 0 Å². The van der Waals surface area contributed by atoms with Crippen molar-refractivity contribution in [2.24, 2.45) is 11.1 Å². The number of hydrogen-bond acceptors (Lipinski definition) is 3. The Bertz CT molecular complexity index is 188. The number of rotatable bonds is 5. The van der Waals surface area contributed by atoms with E-state index >= 15 is 0 Å². The Morgan fingerprint density at radius 3 is 2.93 bits per heavy atom. The van der Waals surface area contributed by atoms with Crippen LogP contribution in [-0.4, -0.2) is 32.1 Å². The molecule has 1 aliphatic heterocycles. The molecule has 0 radical (unpaired) electrons. The van der Waals surface area contributed by atoms with E-state index in [4.69, 9.17) is 5.73 Å². The Labute approximate surface area is 85.6 Å². The summed E-state index contributed by atoms with van der Waals surface area (Å²) in [6.07, 6.45) is 2.73. The molecule has 0 aromatic carbocycles. The molecule has 4 nitrogen and oxygen atoms in total. The van der Waals surface area contributed by atoms with Crippen molar-refractivity contribution in [3.63, 3.8) is 0 Å². The Kier molecular flexibility index (Phi) is 4.35. The molecule has 82 valence electrons. The zero-order chi connectivity index (χ0) is 10.4. The molecule has 4 heteroatoms. The largest absolute Gasteiger partial charge is 0.356 e. The first-order valence-electron chi connectivity index (χ1n) is 5.44. The van der Waals surface area contributed by atoms with Crippen LogP contribution >= 0.6 is 0 Å². The minimum absolute atomic E-state index is 0.158. The van der Waals surface area contributed by atoms with Crippen LogP contribution in [0, 0.1) is 5.41 Å². The van der Waals surface area contributed by atoms with Crippen molar-refractivity contribution in [1.29, 1.82) is 0 Å². The van der Waals surface area contributed by atoms with Crippen molar-refractivity contribution in [2.75, 3.05) is 26.2 Å². The van der Waals surface area contributed by atoms with Crippen LogP contribution in [0.1, 0.15) is 26.2 Å². The van der Waals surface area contributed by atoms with Crippen molar-refractivity contribution >= 4 is 5.91 Å². The average Bonchev–Trinajstić information content (AvgIpc) is 2.67. The minimum atomic E-state index is -0.158. The van der Waals surface area contributed by atoms with Gasteiger partial charge < -0.3 is 16.4 Å². The topological polar surface area (TPSA) is 67.2 Å². The highest BCUT2D eigenvalue weighted by Gasteiger charge is 2.38. The zero-order valence-corrected chi connectivity index (χ0v) is 8.94. The summed E-state index contributed by atoms with van der Waals surface area (Å²) in [7, 11) is 0. The predicted molar refractivity (Wildman–Crippen MR) is 56.9 cm³/mol. The molecule has 1 amide bonds. The highest BCUT2D eigenvalue weighted by Crippen LogP contribution is 2.29. The van der Waals surface area contributed by atoms with Crippen molar-refractivity contribution in [3.05, 3.63) is 0 Å². The molecule has 1 saturated heterocycles. The summed E-state index contributed by atoms with van der Waals surface area (Å²) in [6, 6.07) is 0. The number of nitrogens with one attached hydrogen (secondary N) is 2. The number of hydrogen-bond donors (Lipinski definition) is 3. The number of carbonyl (C=O) groups is 1. The van der Waals surface area contributed by atoms with E-state index in [1.807, 2.05) is 0 Å². The van der Waals surface area contributed by atoms with Gasteiger partial charge >= 0.3 is 0 Å². The van der Waals surface area contributed by atoms with Crippen molar-refractivity contribution in [2.45, 2.75) is 26.2 Å². The van der Waals surface area contributed by atoms with Gasteiger partial charge in [-0.15, -0.1) is 0 Å². The van der Waals surface area contributed by atoms with Crippen LogP contribution in [0.2, 0.25) is 0 Å². The number of nitrogens with two attached hydrogens (primary N) is 1. The van der Waals surface area contributed by atoms with Gasteiger partial charge in [-0.1, -0.05) is 6.92 Å². The number of amides is 1. The molecule has 1 unspecified atom stereocenters. The van der Waals surface area contributed by atoms with Crippen LogP contribution in [-0.2, 0) is 4.79 Å². The Morgan fingerprint density at radius 1 is 1.64 bits per heavy atom. The molecule has 0 spiro atoms. The molecular weight excluding hydrogens is 178 g/mol. The summed E-state index contributed by atoms with van der Waals surface area (Å²) in [6.45, 7) is 5.19. The van der Waals surface area contributed by atoms with Crippen molar-refractivity contribution < 1.29 is 4.79 Å². The Balaban J connectivity index is 2.40. The van der Waals surface area contributed by atoms with Crippen LogP contribution in [0.5, 0.6) is 0 Å². The Morgan fingerprint density at radius 2 is 2.43 bits per heavy atom. The maximum absolute atomic E-state index is 11.9. The van der Waals surface area contributed by atoms with E-state index < -0.39 is 0 Å². The first-order chi connectivity index (χ1) is 6.75. The lowest BCUT2D eigenvalue weighted by Crippen LogP contribution is -2.42. The first kappa shape index (κ1) is 11.5. The van der Waals surface area contributed by atoms with E-state index in [2.05, 4.69) is 17.6 Å². The molecule has 1 atom stereocenters. The second-order valence-electron chi connectivity index (χ2n) is 3.96. The molecular formula is C10H21N3O. The van der Waals surface area contributed by atoms with Gasteiger partial charge in [0.2, 0.25) is 5.91 Å². The molecule has 14 heavy (non-hydrogen) atoms. The molecule has 0 aliphatic carbocycles. The monoisotopic (exact) mass is 199 g/mol. The maximum Gasteiger partial charge on any atom is 0.227 e. The highest BCUT2D eigenvalue weighted by molar-refractivity contribution is 5.83. The normalized spacial score (nSPS) is 26.4. The zero-order valence-electron chi connectivity index (χ0n) is 8.94. The average molecular weight is 199 g/mol. The lowest BCUT2D eigenvalue weighted by atomic mass is 9.83. The summed E-state index contributed by atoms with van der Waals surface area (Å²) in [4.78, 5) is 11.9. The molecule has 4 N–H and O–H groups in total. The van der Waals surface area contributed by atoms with Gasteiger partial charge in [0, 0.05) is 13.1 Å². The van der Waals surface area contributed by atoms with E-state index in [0.717, 1.165) is 32.4 Å². The van der Waals surface area contributed by atoms with Crippen molar-refractivity contribution in [1.82, 2.24) is 10.6 Å². The van der Waals surface area contributed by atoms with Crippen LogP contribution in [0.3, 0.4) is 0 Å². The van der Waals surface area contributed by atoms with E-state index in [1.54, 1.807) is 0 Å². The fourth-order valence-electron chi connectivity index (χ4n) is 1.89. The van der Waals surface area contributed by atoms with E-state index in [9.17, 15) is 4.79 Å². The highest BCUT2D eigenvalue weighted by atomic mass is 16.2. The third kappa shape index (κ3) is 2.45. The van der Waals surface area contributed by atoms with Crippen LogP contribution in [0.15, 0.2) is 0 Å². The first-order valence-corrected chi connectivity index (χ1v) is 5.44. The fraction of sp³-hybridized carbons (Fsp3) is 0.900. The third-order valence-electron chi connectivity index (χ3n) is 3.07. The predicted octanol–water partition coefficient (Wildman–Crippen LogP) is -0.159. The van der Waals surface area contributed by atoms with Crippen LogP contribution in [0.25, 0.3) is 0 Å². The summed E-state index contributed by atoms with van der Waals surface area (Å²) in [5.41, 5.74) is 5.21. The summed E-state index contributed by atoms with van der Waals surface area (Å²) in [5.74, 6) is 0.193. The van der Waals surface area contributed by atoms with Gasteiger partial charge in [0.05, 0.1) is 5.41 Å². The molecule has 0 bridgehead atoms. The van der Waals surface area contributed by atoms with E-state index in [0.29, 0.717) is 13.1 Å². The number of carbonyl (C=O) groups excluding carboxylic acids is 1. The summed E-state index contributed by atoms with van der Waals surface area (Å²) in [5, 5.41) is 6.21. The molecule has 1 rings (SSSR count). The minimum Gasteiger partial charge on any atom is -0.356 e. The van der Waals surface area contributed by atoms with Crippen molar-refractivity contribution in [3.8, 4) is 0 Å². The fourth-order valence-corrected chi connectivity index (χ4v) is 1.89. The molecule has 1 aliphatic rings. The van der Waals surface area contributed by atoms with Gasteiger partial charge in [0.25, 0.3) is 0 Å². The quantitative estimate of drug-likeness (QED) is 0.539. The van der Waals surface area contributed by atoms with E-state index in [-0.39, 0.29) is 11.3 Å². The second-order valence-corrected chi connectivity index (χ2v) is 3.96. The molecule has 1 heterocycles. The molecule has 0 saturated carbocycles. The smallest absolute Gasteiger partial charge is 0.227 e. The van der Waals surface area contributed by atoms with Gasteiger partial charge in [0.15, 0.2) is 0 Å². The SMILES string of the molecule is CCC1(C(=O)NCCCN)CCNC1. The summed E-state index contributed by atoms with van der Waals surface area (Å²) >= 11 is 0. The van der Waals surface area contributed by atoms with Crippen LogP contribution < -0.4 is 16.4 Å². The molecule has 1 fully saturated rings.